The van der Waals surface area contributed by atoms with Crippen molar-refractivity contribution in [2.45, 2.75) is 45.2 Å². The van der Waals surface area contributed by atoms with E-state index in [1.165, 1.54) is 7.11 Å². The van der Waals surface area contributed by atoms with Crippen LogP contribution in [-0.4, -0.2) is 39.9 Å². The van der Waals surface area contributed by atoms with Crippen LogP contribution in [0, 0.1) is 5.92 Å². The minimum absolute atomic E-state index is 0.183. The second-order valence-electron chi connectivity index (χ2n) is 6.10. The summed E-state index contributed by atoms with van der Waals surface area (Å²) in [4.78, 5) is 12.5. The topological polar surface area (TPSA) is 87.0 Å². The summed E-state index contributed by atoms with van der Waals surface area (Å²) < 4.78 is 5.10. The van der Waals surface area contributed by atoms with E-state index in [-0.39, 0.29) is 13.2 Å². The zero-order valence-corrected chi connectivity index (χ0v) is 12.6. The molecule has 116 valence electrons. The van der Waals surface area contributed by atoms with E-state index in [2.05, 4.69) is 0 Å². The number of carbonyl (C=O) groups excluding carboxylic acids is 1. The summed E-state index contributed by atoms with van der Waals surface area (Å²) in [6.45, 7) is 3.24. The van der Waals surface area contributed by atoms with Gasteiger partial charge in [-0.1, -0.05) is 12.1 Å². The second-order valence-corrected chi connectivity index (χ2v) is 6.10. The Morgan fingerprint density at radius 2 is 1.95 bits per heavy atom. The summed E-state index contributed by atoms with van der Waals surface area (Å²) >= 11 is 0. The molecular weight excluding hydrogens is 272 g/mol. The molecule has 0 radical (unpaired) electrons. The maximum Gasteiger partial charge on any atom is 0.192 e. The predicted octanol–water partition coefficient (Wildman–Crippen LogP) is 0.812. The third kappa shape index (κ3) is 2.87. The van der Waals surface area contributed by atoms with Gasteiger partial charge < -0.3 is 20.1 Å². The average Bonchev–Trinajstić information content (AvgIpc) is 2.41. The van der Waals surface area contributed by atoms with Crippen molar-refractivity contribution in [2.24, 2.45) is 5.92 Å². The fourth-order valence-electron chi connectivity index (χ4n) is 3.00. The monoisotopic (exact) mass is 294 g/mol. The number of hydrogen-bond acceptors (Lipinski definition) is 5. The lowest BCUT2D eigenvalue weighted by molar-refractivity contribution is -0.0399. The summed E-state index contributed by atoms with van der Waals surface area (Å²) in [5.74, 6) is -1.01. The molecule has 2 atom stereocenters. The molecule has 0 aliphatic heterocycles. The van der Waals surface area contributed by atoms with E-state index in [4.69, 9.17) is 4.74 Å². The molecule has 3 N–H and O–H groups in total. The minimum atomic E-state index is -1.25. The molecule has 0 amide bonds. The molecule has 1 aromatic carbocycles. The van der Waals surface area contributed by atoms with Crippen molar-refractivity contribution in [1.29, 1.82) is 0 Å². The second kappa shape index (κ2) is 5.85. The quantitative estimate of drug-likeness (QED) is 0.765. The van der Waals surface area contributed by atoms with Crippen molar-refractivity contribution < 1.29 is 24.9 Å². The van der Waals surface area contributed by atoms with Crippen LogP contribution in [0.4, 0.5) is 0 Å². The van der Waals surface area contributed by atoms with Gasteiger partial charge in [0.05, 0.1) is 18.8 Å². The zero-order valence-electron chi connectivity index (χ0n) is 12.6. The number of aliphatic hydroxyl groups excluding tert-OH is 2. The van der Waals surface area contributed by atoms with Crippen LogP contribution in [-0.2, 0) is 24.4 Å². The van der Waals surface area contributed by atoms with E-state index in [1.807, 2.05) is 0 Å². The summed E-state index contributed by atoms with van der Waals surface area (Å²) in [5.41, 5.74) is 1.30. The van der Waals surface area contributed by atoms with Gasteiger partial charge in [0.1, 0.15) is 6.10 Å². The van der Waals surface area contributed by atoms with E-state index in [0.717, 1.165) is 0 Å². The molecule has 0 aromatic heterocycles. The lowest BCUT2D eigenvalue weighted by Crippen LogP contribution is -2.48. The van der Waals surface area contributed by atoms with Gasteiger partial charge in [0.25, 0.3) is 0 Å². The fraction of sp³-hybridized carbons (Fsp3) is 0.562. The number of ether oxygens (including phenoxy) is 1. The molecule has 0 unspecified atom stereocenters. The SMILES string of the molecule is COCc1ccc(CO)c2c1C(=O)[C@@H](O)[C@H](C(C)(C)O)C2. The van der Waals surface area contributed by atoms with Crippen LogP contribution in [0.25, 0.3) is 0 Å². The highest BCUT2D eigenvalue weighted by atomic mass is 16.5. The molecule has 1 aliphatic rings. The van der Waals surface area contributed by atoms with Crippen molar-refractivity contribution in [1.82, 2.24) is 0 Å². The Morgan fingerprint density at radius 1 is 1.33 bits per heavy atom. The molecule has 0 fully saturated rings. The molecule has 0 bridgehead atoms. The first-order valence-corrected chi connectivity index (χ1v) is 6.99. The number of hydrogen-bond donors (Lipinski definition) is 3. The van der Waals surface area contributed by atoms with Crippen molar-refractivity contribution in [3.8, 4) is 0 Å². The summed E-state index contributed by atoms with van der Waals surface area (Å²) in [5, 5.41) is 29.9. The van der Waals surface area contributed by atoms with Gasteiger partial charge in [-0.3, -0.25) is 4.79 Å². The zero-order chi connectivity index (χ0) is 15.8. The average molecular weight is 294 g/mol. The maximum atomic E-state index is 12.5. The number of fused-ring (bicyclic) bond motifs is 1. The molecular formula is C16H22O5. The highest BCUT2D eigenvalue weighted by molar-refractivity contribution is 6.03. The van der Waals surface area contributed by atoms with Gasteiger partial charge in [-0.15, -0.1) is 0 Å². The Morgan fingerprint density at radius 3 is 2.48 bits per heavy atom. The Bertz CT molecular complexity index is 544. The van der Waals surface area contributed by atoms with Crippen LogP contribution in [0.15, 0.2) is 12.1 Å². The van der Waals surface area contributed by atoms with Crippen LogP contribution in [0.1, 0.15) is 40.9 Å². The van der Waals surface area contributed by atoms with E-state index >= 15 is 0 Å². The number of benzene rings is 1. The maximum absolute atomic E-state index is 12.5. The Hall–Kier alpha value is -1.27. The van der Waals surface area contributed by atoms with Gasteiger partial charge in [0.2, 0.25) is 0 Å². The highest BCUT2D eigenvalue weighted by Crippen LogP contribution is 2.36. The number of rotatable bonds is 4. The van der Waals surface area contributed by atoms with Gasteiger partial charge in [-0.25, -0.2) is 0 Å². The standard InChI is InChI=1S/C16H22O5/c1-16(2,20)12-6-11-9(7-17)4-5-10(8-21-3)13(11)15(19)14(12)18/h4-5,12,14,17-18,20H,6-8H2,1-3H3/t12-,14+/m1/s1. The van der Waals surface area contributed by atoms with Gasteiger partial charge in [-0.2, -0.15) is 0 Å². The molecule has 0 saturated heterocycles. The van der Waals surface area contributed by atoms with Crippen LogP contribution >= 0.6 is 0 Å². The van der Waals surface area contributed by atoms with Crippen molar-refractivity contribution in [3.05, 3.63) is 34.4 Å². The predicted molar refractivity (Wildman–Crippen MR) is 76.9 cm³/mol. The van der Waals surface area contributed by atoms with E-state index in [1.54, 1.807) is 26.0 Å². The van der Waals surface area contributed by atoms with Crippen LogP contribution < -0.4 is 0 Å². The normalized spacial score (nSPS) is 22.3. The number of carbonyl (C=O) groups is 1. The third-order valence-corrected chi connectivity index (χ3v) is 4.19. The Labute approximate surface area is 124 Å². The lowest BCUT2D eigenvalue weighted by Gasteiger charge is -2.37. The third-order valence-electron chi connectivity index (χ3n) is 4.19. The first kappa shape index (κ1) is 16.1. The number of ketones is 1. The van der Waals surface area contributed by atoms with E-state index in [9.17, 15) is 20.1 Å². The molecule has 0 spiro atoms. The molecule has 5 heteroatoms. The number of aliphatic hydroxyl groups is 3. The van der Waals surface area contributed by atoms with Gasteiger partial charge >= 0.3 is 0 Å². The highest BCUT2D eigenvalue weighted by Gasteiger charge is 2.43. The molecule has 1 aliphatic carbocycles. The molecule has 0 saturated carbocycles. The molecule has 21 heavy (non-hydrogen) atoms. The Balaban J connectivity index is 2.59. The number of Topliss-reactive ketones (excluding diaryl/α,β-unsaturated/α-hetero) is 1. The van der Waals surface area contributed by atoms with Gasteiger partial charge in [0, 0.05) is 18.6 Å². The lowest BCUT2D eigenvalue weighted by atomic mass is 9.71. The van der Waals surface area contributed by atoms with Crippen molar-refractivity contribution in [2.75, 3.05) is 7.11 Å². The van der Waals surface area contributed by atoms with E-state index < -0.39 is 23.4 Å². The van der Waals surface area contributed by atoms with Crippen LogP contribution in [0.2, 0.25) is 0 Å². The Kier molecular flexibility index (Phi) is 4.49. The largest absolute Gasteiger partial charge is 0.392 e. The van der Waals surface area contributed by atoms with Gasteiger partial charge in [-0.05, 0) is 37.0 Å². The number of methoxy groups -OCH3 is 1. The minimum Gasteiger partial charge on any atom is -0.392 e. The summed E-state index contributed by atoms with van der Waals surface area (Å²) in [6.07, 6.45) is -0.902. The first-order chi connectivity index (χ1) is 9.81. The van der Waals surface area contributed by atoms with Crippen molar-refractivity contribution in [3.63, 3.8) is 0 Å². The van der Waals surface area contributed by atoms with Crippen molar-refractivity contribution >= 4 is 5.78 Å². The van der Waals surface area contributed by atoms with Gasteiger partial charge in [0.15, 0.2) is 5.78 Å². The van der Waals surface area contributed by atoms with E-state index in [0.29, 0.717) is 28.7 Å². The molecule has 2 rings (SSSR count). The molecule has 5 nitrogen and oxygen atoms in total. The smallest absolute Gasteiger partial charge is 0.192 e. The molecule has 0 heterocycles. The first-order valence-electron chi connectivity index (χ1n) is 6.99. The van der Waals surface area contributed by atoms with Crippen LogP contribution in [0.5, 0.6) is 0 Å². The fourth-order valence-corrected chi connectivity index (χ4v) is 3.00. The summed E-state index contributed by atoms with van der Waals surface area (Å²) in [7, 11) is 1.54. The summed E-state index contributed by atoms with van der Waals surface area (Å²) in [6, 6.07) is 3.50. The van der Waals surface area contributed by atoms with Crippen LogP contribution in [0.3, 0.4) is 0 Å². The molecule has 1 aromatic rings.